The SMILES string of the molecule is CCNC(=NCCCCN1CCOCC1)N(C)Cc1ccc(Cl)cc1.I. The van der Waals surface area contributed by atoms with Gasteiger partial charge in [0.2, 0.25) is 0 Å². The van der Waals surface area contributed by atoms with Crippen LogP contribution < -0.4 is 5.32 Å². The van der Waals surface area contributed by atoms with Crippen LogP contribution in [0, 0.1) is 0 Å². The lowest BCUT2D eigenvalue weighted by molar-refractivity contribution is 0.0373. The Morgan fingerprint density at radius 2 is 1.92 bits per heavy atom. The minimum atomic E-state index is 0. The Balaban J connectivity index is 0.00000338. The first-order valence-electron chi connectivity index (χ1n) is 9.23. The number of rotatable bonds is 8. The first-order valence-corrected chi connectivity index (χ1v) is 9.61. The van der Waals surface area contributed by atoms with Gasteiger partial charge in [0.25, 0.3) is 0 Å². The highest BCUT2D eigenvalue weighted by Crippen LogP contribution is 2.11. The van der Waals surface area contributed by atoms with E-state index in [1.807, 2.05) is 12.1 Å². The van der Waals surface area contributed by atoms with Crippen LogP contribution in [0.5, 0.6) is 0 Å². The number of unbranched alkanes of at least 4 members (excludes halogenated alkanes) is 1. The van der Waals surface area contributed by atoms with Gasteiger partial charge in [-0.1, -0.05) is 23.7 Å². The molecule has 1 saturated heterocycles. The van der Waals surface area contributed by atoms with Crippen molar-refractivity contribution in [1.82, 2.24) is 15.1 Å². The molecule has 1 heterocycles. The number of nitrogens with one attached hydrogen (secondary N) is 1. The highest BCUT2D eigenvalue weighted by atomic mass is 127. The Hall–Kier alpha value is -0.570. The molecule has 0 bridgehead atoms. The quantitative estimate of drug-likeness (QED) is 0.260. The molecular formula is C19H32ClIN4O. The lowest BCUT2D eigenvalue weighted by atomic mass is 10.2. The van der Waals surface area contributed by atoms with Crippen molar-refractivity contribution in [3.8, 4) is 0 Å². The smallest absolute Gasteiger partial charge is 0.193 e. The number of aliphatic imine (C=N–C) groups is 1. The van der Waals surface area contributed by atoms with Crippen molar-refractivity contribution < 1.29 is 4.74 Å². The van der Waals surface area contributed by atoms with Gasteiger partial charge in [-0.2, -0.15) is 0 Å². The summed E-state index contributed by atoms with van der Waals surface area (Å²) < 4.78 is 5.38. The maximum Gasteiger partial charge on any atom is 0.193 e. The molecule has 5 nitrogen and oxygen atoms in total. The summed E-state index contributed by atoms with van der Waals surface area (Å²) in [6.07, 6.45) is 2.30. The van der Waals surface area contributed by atoms with Crippen LogP contribution in [-0.4, -0.2) is 68.7 Å². The fourth-order valence-corrected chi connectivity index (χ4v) is 2.99. The zero-order valence-corrected chi connectivity index (χ0v) is 19.0. The van der Waals surface area contributed by atoms with E-state index in [0.29, 0.717) is 0 Å². The average Bonchev–Trinajstić information content (AvgIpc) is 2.63. The fourth-order valence-electron chi connectivity index (χ4n) is 2.87. The summed E-state index contributed by atoms with van der Waals surface area (Å²) in [5.41, 5.74) is 1.23. The minimum absolute atomic E-state index is 0. The van der Waals surface area contributed by atoms with Crippen LogP contribution in [0.15, 0.2) is 29.3 Å². The van der Waals surface area contributed by atoms with Crippen LogP contribution >= 0.6 is 35.6 Å². The largest absolute Gasteiger partial charge is 0.379 e. The minimum Gasteiger partial charge on any atom is -0.379 e. The van der Waals surface area contributed by atoms with Crippen molar-refractivity contribution in [2.75, 3.05) is 53.0 Å². The number of hydrogen-bond donors (Lipinski definition) is 1. The molecule has 0 unspecified atom stereocenters. The monoisotopic (exact) mass is 494 g/mol. The van der Waals surface area contributed by atoms with Crippen molar-refractivity contribution in [2.24, 2.45) is 4.99 Å². The standard InChI is InChI=1S/C19H31ClN4O.HI/c1-3-21-19(23(2)16-17-6-8-18(20)9-7-17)22-10-4-5-11-24-12-14-25-15-13-24;/h6-9H,3-5,10-16H2,1-2H3,(H,21,22);1H. The molecule has 0 saturated carbocycles. The van der Waals surface area contributed by atoms with Gasteiger partial charge in [0.05, 0.1) is 13.2 Å². The summed E-state index contributed by atoms with van der Waals surface area (Å²) in [6, 6.07) is 7.98. The van der Waals surface area contributed by atoms with Crippen LogP contribution in [0.1, 0.15) is 25.3 Å². The first kappa shape index (κ1) is 23.5. The molecule has 148 valence electrons. The molecular weight excluding hydrogens is 463 g/mol. The van der Waals surface area contributed by atoms with E-state index in [2.05, 4.69) is 41.2 Å². The molecule has 1 aromatic carbocycles. The topological polar surface area (TPSA) is 40.1 Å². The Morgan fingerprint density at radius 3 is 2.58 bits per heavy atom. The zero-order chi connectivity index (χ0) is 17.9. The molecule has 0 spiro atoms. The van der Waals surface area contributed by atoms with E-state index in [1.54, 1.807) is 0 Å². The normalized spacial score (nSPS) is 15.4. The third-order valence-electron chi connectivity index (χ3n) is 4.28. The number of guanidine groups is 1. The van der Waals surface area contributed by atoms with Crippen molar-refractivity contribution >= 4 is 41.5 Å². The van der Waals surface area contributed by atoms with Crippen LogP contribution in [0.25, 0.3) is 0 Å². The van der Waals surface area contributed by atoms with Crippen LogP contribution in [-0.2, 0) is 11.3 Å². The van der Waals surface area contributed by atoms with Crippen molar-refractivity contribution in [1.29, 1.82) is 0 Å². The Labute approximate surface area is 180 Å². The van der Waals surface area contributed by atoms with E-state index in [4.69, 9.17) is 21.3 Å². The molecule has 7 heteroatoms. The van der Waals surface area contributed by atoms with Crippen molar-refractivity contribution in [3.63, 3.8) is 0 Å². The van der Waals surface area contributed by atoms with Gasteiger partial charge in [0.1, 0.15) is 0 Å². The highest BCUT2D eigenvalue weighted by Gasteiger charge is 2.09. The maximum absolute atomic E-state index is 5.95. The Bertz CT molecular complexity index is 521. The van der Waals surface area contributed by atoms with Crippen LogP contribution in [0.3, 0.4) is 0 Å². The molecule has 1 N–H and O–H groups in total. The second kappa shape index (κ2) is 13.6. The molecule has 0 amide bonds. The lowest BCUT2D eigenvalue weighted by Gasteiger charge is -2.26. The fraction of sp³-hybridized carbons (Fsp3) is 0.632. The molecule has 0 aliphatic carbocycles. The second-order valence-corrected chi connectivity index (χ2v) is 6.82. The number of benzene rings is 1. The molecule has 1 fully saturated rings. The van der Waals surface area contributed by atoms with Gasteiger partial charge in [-0.3, -0.25) is 9.89 Å². The predicted molar refractivity (Wildman–Crippen MR) is 121 cm³/mol. The van der Waals surface area contributed by atoms with E-state index in [1.165, 1.54) is 12.0 Å². The average molecular weight is 495 g/mol. The first-order chi connectivity index (χ1) is 12.2. The second-order valence-electron chi connectivity index (χ2n) is 6.38. The number of nitrogens with zero attached hydrogens (tertiary/aromatic N) is 3. The molecule has 2 rings (SSSR count). The summed E-state index contributed by atoms with van der Waals surface area (Å²) in [7, 11) is 2.07. The van der Waals surface area contributed by atoms with E-state index < -0.39 is 0 Å². The Morgan fingerprint density at radius 1 is 1.23 bits per heavy atom. The third-order valence-corrected chi connectivity index (χ3v) is 4.53. The highest BCUT2D eigenvalue weighted by molar-refractivity contribution is 14.0. The van der Waals surface area contributed by atoms with Gasteiger partial charge in [-0.25, -0.2) is 0 Å². The lowest BCUT2D eigenvalue weighted by Crippen LogP contribution is -2.38. The summed E-state index contributed by atoms with van der Waals surface area (Å²) in [5.74, 6) is 0.962. The molecule has 1 aliphatic heterocycles. The van der Waals surface area contributed by atoms with Gasteiger partial charge in [0, 0.05) is 44.8 Å². The number of ether oxygens (including phenoxy) is 1. The molecule has 26 heavy (non-hydrogen) atoms. The van der Waals surface area contributed by atoms with Crippen LogP contribution in [0.2, 0.25) is 5.02 Å². The third kappa shape index (κ3) is 8.88. The predicted octanol–water partition coefficient (Wildman–Crippen LogP) is 3.47. The Kier molecular flexibility index (Phi) is 12.3. The van der Waals surface area contributed by atoms with E-state index >= 15 is 0 Å². The molecule has 1 aromatic rings. The van der Waals surface area contributed by atoms with Crippen LogP contribution in [0.4, 0.5) is 0 Å². The summed E-state index contributed by atoms with van der Waals surface area (Å²) >= 11 is 5.95. The zero-order valence-electron chi connectivity index (χ0n) is 15.9. The summed E-state index contributed by atoms with van der Waals surface area (Å²) in [6.45, 7) is 9.67. The van der Waals surface area contributed by atoms with Crippen molar-refractivity contribution in [3.05, 3.63) is 34.9 Å². The molecule has 0 radical (unpaired) electrons. The molecule has 0 aromatic heterocycles. The van der Waals surface area contributed by atoms with Crippen molar-refractivity contribution in [2.45, 2.75) is 26.3 Å². The number of halogens is 2. The van der Waals surface area contributed by atoms with Gasteiger partial charge in [-0.05, 0) is 44.0 Å². The molecule has 0 atom stereocenters. The van der Waals surface area contributed by atoms with Gasteiger partial charge in [0.15, 0.2) is 5.96 Å². The van der Waals surface area contributed by atoms with E-state index in [0.717, 1.165) is 69.9 Å². The van der Waals surface area contributed by atoms with Gasteiger partial charge in [-0.15, -0.1) is 24.0 Å². The van der Waals surface area contributed by atoms with E-state index in [-0.39, 0.29) is 24.0 Å². The summed E-state index contributed by atoms with van der Waals surface area (Å²) in [4.78, 5) is 9.41. The molecule has 1 aliphatic rings. The van der Waals surface area contributed by atoms with E-state index in [9.17, 15) is 0 Å². The van der Waals surface area contributed by atoms with Gasteiger partial charge < -0.3 is 15.0 Å². The summed E-state index contributed by atoms with van der Waals surface area (Å²) in [5, 5.41) is 4.15. The van der Waals surface area contributed by atoms with Gasteiger partial charge >= 0.3 is 0 Å². The maximum atomic E-state index is 5.95. The number of morpholine rings is 1. The number of hydrogen-bond acceptors (Lipinski definition) is 3.